The first-order chi connectivity index (χ1) is 12.5. The highest BCUT2D eigenvalue weighted by Crippen LogP contribution is 2.61. The Morgan fingerprint density at radius 1 is 1.15 bits per heavy atom. The molecule has 4 nitrogen and oxygen atoms in total. The summed E-state index contributed by atoms with van der Waals surface area (Å²) >= 11 is 1.26. The highest BCUT2D eigenvalue weighted by atomic mass is 32.1. The summed E-state index contributed by atoms with van der Waals surface area (Å²) in [6.45, 7) is 0. The van der Waals surface area contributed by atoms with Gasteiger partial charge in [-0.1, -0.05) is 23.5 Å². The van der Waals surface area contributed by atoms with Crippen LogP contribution in [0, 0.1) is 29.0 Å². The molecule has 0 atom stereocenters. The summed E-state index contributed by atoms with van der Waals surface area (Å²) in [4.78, 5) is 18.3. The summed E-state index contributed by atoms with van der Waals surface area (Å²) in [7, 11) is 0. The van der Waals surface area contributed by atoms with Crippen LogP contribution < -0.4 is 11.1 Å². The third kappa shape index (κ3) is 2.54. The standard InChI is InChI=1S/C20H22FN3OS/c21-14-3-1-2-4-15(14)23-19-24-18(22)16(26-19)17(25)20-8-11-5-12(9-20)7-13(6-11)10-20/h1-4,11-13H,5-10,22H2,(H,23,24). The number of hydrogen-bond acceptors (Lipinski definition) is 5. The molecule has 0 aliphatic heterocycles. The molecule has 136 valence electrons. The molecular weight excluding hydrogens is 349 g/mol. The van der Waals surface area contributed by atoms with Crippen molar-refractivity contribution in [2.24, 2.45) is 23.2 Å². The van der Waals surface area contributed by atoms with Crippen molar-refractivity contribution >= 4 is 33.8 Å². The Morgan fingerprint density at radius 2 is 1.77 bits per heavy atom. The van der Waals surface area contributed by atoms with Crippen LogP contribution in [-0.2, 0) is 0 Å². The number of anilines is 3. The van der Waals surface area contributed by atoms with E-state index < -0.39 is 0 Å². The van der Waals surface area contributed by atoms with Gasteiger partial charge in [-0.25, -0.2) is 9.37 Å². The molecule has 4 aliphatic rings. The van der Waals surface area contributed by atoms with Crippen molar-refractivity contribution < 1.29 is 9.18 Å². The molecule has 0 saturated heterocycles. The summed E-state index contributed by atoms with van der Waals surface area (Å²) in [5.74, 6) is 2.21. The van der Waals surface area contributed by atoms with Gasteiger partial charge in [0.15, 0.2) is 10.9 Å². The van der Waals surface area contributed by atoms with Gasteiger partial charge >= 0.3 is 0 Å². The summed E-state index contributed by atoms with van der Waals surface area (Å²) in [5, 5.41) is 3.44. The van der Waals surface area contributed by atoms with Gasteiger partial charge in [-0.3, -0.25) is 4.79 Å². The van der Waals surface area contributed by atoms with Gasteiger partial charge in [-0.2, -0.15) is 0 Å². The summed E-state index contributed by atoms with van der Waals surface area (Å²) < 4.78 is 13.9. The molecule has 0 spiro atoms. The Balaban J connectivity index is 1.43. The van der Waals surface area contributed by atoms with E-state index in [1.54, 1.807) is 18.2 Å². The number of para-hydroxylation sites is 1. The second kappa shape index (κ2) is 5.78. The minimum absolute atomic E-state index is 0.174. The predicted octanol–water partition coefficient (Wildman–Crippen LogP) is 5.01. The molecule has 4 aliphatic carbocycles. The average molecular weight is 371 g/mol. The summed E-state index contributed by atoms with van der Waals surface area (Å²) in [6, 6.07) is 6.43. The van der Waals surface area contributed by atoms with Crippen LogP contribution in [0.3, 0.4) is 0 Å². The molecule has 1 aromatic heterocycles. The Bertz CT molecular complexity index is 842. The molecular formula is C20H22FN3OS. The van der Waals surface area contributed by atoms with Gasteiger partial charge in [0.25, 0.3) is 0 Å². The predicted molar refractivity (Wildman–Crippen MR) is 101 cm³/mol. The van der Waals surface area contributed by atoms with Gasteiger partial charge in [0, 0.05) is 5.41 Å². The molecule has 1 aromatic carbocycles. The van der Waals surface area contributed by atoms with Crippen molar-refractivity contribution in [3.8, 4) is 0 Å². The van der Waals surface area contributed by atoms with E-state index in [1.807, 2.05) is 0 Å². The van der Waals surface area contributed by atoms with Gasteiger partial charge in [-0.05, 0) is 68.4 Å². The largest absolute Gasteiger partial charge is 0.382 e. The van der Waals surface area contributed by atoms with Crippen LogP contribution in [0.5, 0.6) is 0 Å². The van der Waals surface area contributed by atoms with E-state index in [9.17, 15) is 9.18 Å². The lowest BCUT2D eigenvalue weighted by Crippen LogP contribution is -2.49. The molecule has 1 heterocycles. The molecule has 4 fully saturated rings. The number of Topliss-reactive ketones (excluding diaryl/α,β-unsaturated/α-hetero) is 1. The maximum Gasteiger partial charge on any atom is 0.189 e. The van der Waals surface area contributed by atoms with E-state index in [2.05, 4.69) is 10.3 Å². The maximum atomic E-state index is 13.9. The second-order valence-electron chi connectivity index (χ2n) is 8.37. The van der Waals surface area contributed by atoms with Crippen molar-refractivity contribution in [2.45, 2.75) is 38.5 Å². The normalized spacial score (nSPS) is 32.0. The van der Waals surface area contributed by atoms with Crippen LogP contribution >= 0.6 is 11.3 Å². The van der Waals surface area contributed by atoms with Crippen molar-refractivity contribution in [1.82, 2.24) is 4.98 Å². The fourth-order valence-electron chi connectivity index (χ4n) is 5.86. The van der Waals surface area contributed by atoms with Crippen LogP contribution in [0.15, 0.2) is 24.3 Å². The van der Waals surface area contributed by atoms with Crippen LogP contribution in [0.1, 0.15) is 48.2 Å². The fraction of sp³-hybridized carbons (Fsp3) is 0.500. The number of carbonyl (C=O) groups excluding carboxylic acids is 1. The number of halogens is 1. The Kier molecular flexibility index (Phi) is 3.61. The first-order valence-electron chi connectivity index (χ1n) is 9.35. The van der Waals surface area contributed by atoms with E-state index in [1.165, 1.54) is 36.7 Å². The van der Waals surface area contributed by atoms with Crippen molar-refractivity contribution in [2.75, 3.05) is 11.1 Å². The SMILES string of the molecule is Nc1nc(Nc2ccccc2F)sc1C(=O)C12CC3CC(CC(C3)C1)C2. The zero-order chi connectivity index (χ0) is 17.9. The molecule has 2 aromatic rings. The van der Waals surface area contributed by atoms with Crippen LogP contribution in [0.2, 0.25) is 0 Å². The van der Waals surface area contributed by atoms with Crippen LogP contribution in [-0.4, -0.2) is 10.8 Å². The Hall–Kier alpha value is -1.95. The number of rotatable bonds is 4. The number of thiazole rings is 1. The highest BCUT2D eigenvalue weighted by molar-refractivity contribution is 7.18. The first-order valence-corrected chi connectivity index (χ1v) is 10.2. The second-order valence-corrected chi connectivity index (χ2v) is 9.36. The molecule has 4 saturated carbocycles. The number of nitrogens with one attached hydrogen (secondary N) is 1. The summed E-state index contributed by atoms with van der Waals surface area (Å²) in [6.07, 6.45) is 6.90. The van der Waals surface area contributed by atoms with E-state index in [4.69, 9.17) is 5.73 Å². The van der Waals surface area contributed by atoms with Gasteiger partial charge in [-0.15, -0.1) is 0 Å². The maximum absolute atomic E-state index is 13.9. The van der Waals surface area contributed by atoms with Gasteiger partial charge in [0.1, 0.15) is 16.5 Å². The van der Waals surface area contributed by atoms with E-state index in [0.29, 0.717) is 33.4 Å². The van der Waals surface area contributed by atoms with Crippen molar-refractivity contribution in [3.63, 3.8) is 0 Å². The molecule has 0 radical (unpaired) electrons. The number of aromatic nitrogens is 1. The Labute approximate surface area is 156 Å². The molecule has 6 rings (SSSR count). The zero-order valence-corrected chi connectivity index (χ0v) is 15.3. The lowest BCUT2D eigenvalue weighted by Gasteiger charge is -2.55. The lowest BCUT2D eigenvalue weighted by molar-refractivity contribution is -0.0350. The number of hydrogen-bond donors (Lipinski definition) is 2. The average Bonchev–Trinajstić information content (AvgIpc) is 2.95. The molecule has 4 bridgehead atoms. The zero-order valence-electron chi connectivity index (χ0n) is 14.5. The monoisotopic (exact) mass is 371 g/mol. The Morgan fingerprint density at radius 3 is 2.38 bits per heavy atom. The molecule has 0 amide bonds. The van der Waals surface area contributed by atoms with Crippen molar-refractivity contribution in [3.05, 3.63) is 35.0 Å². The molecule has 0 unspecified atom stereocenters. The molecule has 3 N–H and O–H groups in total. The topological polar surface area (TPSA) is 68.0 Å². The third-order valence-electron chi connectivity index (χ3n) is 6.49. The van der Waals surface area contributed by atoms with Crippen molar-refractivity contribution in [1.29, 1.82) is 0 Å². The quantitative estimate of drug-likeness (QED) is 0.742. The summed E-state index contributed by atoms with van der Waals surface area (Å²) in [5.41, 5.74) is 6.21. The highest BCUT2D eigenvalue weighted by Gasteiger charge is 2.55. The van der Waals surface area contributed by atoms with Gasteiger partial charge in [0.05, 0.1) is 5.69 Å². The number of carbonyl (C=O) groups is 1. The van der Waals surface area contributed by atoms with E-state index in [0.717, 1.165) is 19.3 Å². The fourth-order valence-corrected chi connectivity index (χ4v) is 6.81. The molecule has 26 heavy (non-hydrogen) atoms. The van der Waals surface area contributed by atoms with E-state index in [-0.39, 0.29) is 22.8 Å². The lowest BCUT2D eigenvalue weighted by atomic mass is 9.48. The van der Waals surface area contributed by atoms with Gasteiger partial charge in [0.2, 0.25) is 0 Å². The number of ketones is 1. The minimum Gasteiger partial charge on any atom is -0.382 e. The first kappa shape index (κ1) is 16.2. The van der Waals surface area contributed by atoms with Crippen LogP contribution in [0.4, 0.5) is 21.0 Å². The minimum atomic E-state index is -0.352. The number of nitrogens with two attached hydrogens (primary N) is 1. The van der Waals surface area contributed by atoms with E-state index >= 15 is 0 Å². The number of benzene rings is 1. The number of nitrogen functional groups attached to an aromatic ring is 1. The number of nitrogens with zero attached hydrogens (tertiary/aromatic N) is 1. The third-order valence-corrected chi connectivity index (χ3v) is 7.48. The van der Waals surface area contributed by atoms with Crippen LogP contribution in [0.25, 0.3) is 0 Å². The molecule has 6 heteroatoms. The van der Waals surface area contributed by atoms with Gasteiger partial charge < -0.3 is 11.1 Å². The smallest absolute Gasteiger partial charge is 0.189 e.